The minimum atomic E-state index is 0.119. The number of thiazole rings is 1. The Labute approximate surface area is 162 Å². The van der Waals surface area contributed by atoms with Gasteiger partial charge in [0, 0.05) is 21.1 Å². The Morgan fingerprint density at radius 1 is 1.16 bits per heavy atom. The quantitative estimate of drug-likeness (QED) is 0.564. The van der Waals surface area contributed by atoms with E-state index < -0.39 is 0 Å². The van der Waals surface area contributed by atoms with Crippen molar-refractivity contribution in [2.75, 3.05) is 11.4 Å². The molecule has 0 amide bonds. The molecule has 3 heterocycles. The topological polar surface area (TPSA) is 60.2 Å². The number of hydrogen-bond donors (Lipinski definition) is 2. The van der Waals surface area contributed by atoms with Gasteiger partial charge in [-0.15, -0.1) is 22.7 Å². The van der Waals surface area contributed by atoms with E-state index in [1.807, 2.05) is 22.9 Å². The van der Waals surface area contributed by atoms with Crippen molar-refractivity contribution in [1.82, 2.24) is 4.98 Å². The van der Waals surface area contributed by atoms with Gasteiger partial charge >= 0.3 is 0 Å². The molecule has 0 radical (unpaired) electrons. The molecule has 0 bridgehead atoms. The lowest BCUT2D eigenvalue weighted by Crippen LogP contribution is -2.26. The zero-order valence-corrected chi connectivity index (χ0v) is 15.8. The predicted octanol–water partition coefficient (Wildman–Crippen LogP) is 5.94. The average Bonchev–Trinajstić information content (AvgIpc) is 3.26. The molecule has 0 atom stereocenters. The highest BCUT2D eigenvalue weighted by molar-refractivity contribution is 7.14. The number of rotatable bonds is 3. The van der Waals surface area contributed by atoms with Crippen LogP contribution in [0, 0.1) is 5.41 Å². The van der Waals surface area contributed by atoms with Crippen molar-refractivity contribution in [2.45, 2.75) is 0 Å². The number of nitrogens with zero attached hydrogens (tertiary/aromatic N) is 2. The van der Waals surface area contributed by atoms with Crippen molar-refractivity contribution in [3.05, 3.63) is 61.9 Å². The van der Waals surface area contributed by atoms with Gasteiger partial charge in [-0.1, -0.05) is 29.3 Å². The van der Waals surface area contributed by atoms with E-state index in [0.717, 1.165) is 10.6 Å². The number of hydrogen-bond acceptors (Lipinski definition) is 5. The van der Waals surface area contributed by atoms with Crippen LogP contribution in [0.2, 0.25) is 10.0 Å². The third-order valence-electron chi connectivity index (χ3n) is 3.75. The predicted molar refractivity (Wildman–Crippen MR) is 107 cm³/mol. The fourth-order valence-corrected chi connectivity index (χ4v) is 4.81. The first-order valence-electron chi connectivity index (χ1n) is 7.27. The summed E-state index contributed by atoms with van der Waals surface area (Å²) in [4.78, 5) is 7.31. The number of anilines is 1. The molecule has 2 N–H and O–H groups in total. The summed E-state index contributed by atoms with van der Waals surface area (Å²) < 4.78 is 0. The third kappa shape index (κ3) is 3.06. The Morgan fingerprint density at radius 3 is 2.60 bits per heavy atom. The summed E-state index contributed by atoms with van der Waals surface area (Å²) in [7, 11) is 0. The second-order valence-electron chi connectivity index (χ2n) is 5.40. The molecule has 8 heteroatoms. The lowest BCUT2D eigenvalue weighted by Gasteiger charge is -2.19. The molecule has 25 heavy (non-hydrogen) atoms. The molecular formula is C17H11Cl2N3OS2. The van der Waals surface area contributed by atoms with Gasteiger partial charge in [0.15, 0.2) is 0 Å². The van der Waals surface area contributed by atoms with Crippen LogP contribution < -0.4 is 4.90 Å². The molecule has 4 nitrogen and oxygen atoms in total. The molecule has 2 aromatic heterocycles. The monoisotopic (exact) mass is 407 g/mol. The molecule has 1 aromatic carbocycles. The van der Waals surface area contributed by atoms with Gasteiger partial charge in [-0.05, 0) is 29.6 Å². The zero-order chi connectivity index (χ0) is 17.6. The molecule has 0 spiro atoms. The van der Waals surface area contributed by atoms with Gasteiger partial charge in [0.25, 0.3) is 0 Å². The molecule has 126 valence electrons. The van der Waals surface area contributed by atoms with Gasteiger partial charge in [0.1, 0.15) is 16.6 Å². The minimum absolute atomic E-state index is 0.119. The lowest BCUT2D eigenvalue weighted by molar-refractivity contribution is 0.411. The first-order valence-corrected chi connectivity index (χ1v) is 9.79. The van der Waals surface area contributed by atoms with Gasteiger partial charge in [0.05, 0.1) is 22.7 Å². The van der Waals surface area contributed by atoms with E-state index in [2.05, 4.69) is 4.98 Å². The van der Waals surface area contributed by atoms with Crippen molar-refractivity contribution in [1.29, 1.82) is 5.41 Å². The van der Waals surface area contributed by atoms with E-state index in [0.29, 0.717) is 26.3 Å². The van der Waals surface area contributed by atoms with Crippen LogP contribution in [0.5, 0.6) is 0 Å². The summed E-state index contributed by atoms with van der Waals surface area (Å²) in [6, 6.07) is 9.04. The Bertz CT molecular complexity index is 975. The fraction of sp³-hybridized carbons (Fsp3) is 0.0588. The Balaban J connectivity index is 1.67. The van der Waals surface area contributed by atoms with Crippen LogP contribution in [-0.2, 0) is 0 Å². The van der Waals surface area contributed by atoms with Crippen molar-refractivity contribution >= 4 is 63.0 Å². The molecule has 0 saturated carbocycles. The first kappa shape index (κ1) is 16.6. The number of amidine groups is 1. The van der Waals surface area contributed by atoms with Gasteiger partial charge in [0.2, 0.25) is 0 Å². The number of thiophene rings is 1. The zero-order valence-electron chi connectivity index (χ0n) is 12.7. The molecule has 1 aliphatic rings. The third-order valence-corrected chi connectivity index (χ3v) is 5.94. The minimum Gasteiger partial charge on any atom is -0.510 e. The SMILES string of the molecule is N=C1C(c2nc(-c3cccs3)cs2)=C(O)CN1c1cc(Cl)cc(Cl)c1. The summed E-state index contributed by atoms with van der Waals surface area (Å²) in [5.74, 6) is 0.302. The largest absolute Gasteiger partial charge is 0.510 e. The maximum Gasteiger partial charge on any atom is 0.139 e. The fourth-order valence-electron chi connectivity index (χ4n) is 2.65. The highest BCUT2D eigenvalue weighted by atomic mass is 35.5. The number of benzene rings is 1. The van der Waals surface area contributed by atoms with Crippen LogP contribution in [0.3, 0.4) is 0 Å². The van der Waals surface area contributed by atoms with Gasteiger partial charge in [-0.3, -0.25) is 5.41 Å². The van der Waals surface area contributed by atoms with Crippen molar-refractivity contribution in [3.63, 3.8) is 0 Å². The van der Waals surface area contributed by atoms with Crippen molar-refractivity contribution < 1.29 is 5.11 Å². The van der Waals surface area contributed by atoms with E-state index in [1.165, 1.54) is 11.3 Å². The molecule has 4 rings (SSSR count). The maximum absolute atomic E-state index is 10.4. The summed E-state index contributed by atoms with van der Waals surface area (Å²) in [5.41, 5.74) is 1.97. The van der Waals surface area contributed by atoms with Crippen LogP contribution in [0.4, 0.5) is 5.69 Å². The second kappa shape index (κ2) is 6.46. The molecular weight excluding hydrogens is 397 g/mol. The normalized spacial score (nSPS) is 14.6. The van der Waals surface area contributed by atoms with Gasteiger partial charge in [-0.25, -0.2) is 4.98 Å². The number of nitrogens with one attached hydrogen (secondary N) is 1. The van der Waals surface area contributed by atoms with E-state index in [4.69, 9.17) is 28.6 Å². The van der Waals surface area contributed by atoms with Crippen molar-refractivity contribution in [2.24, 2.45) is 0 Å². The van der Waals surface area contributed by atoms with E-state index in [1.54, 1.807) is 34.4 Å². The summed E-state index contributed by atoms with van der Waals surface area (Å²) >= 11 is 15.1. The second-order valence-corrected chi connectivity index (χ2v) is 8.08. The average molecular weight is 408 g/mol. The summed E-state index contributed by atoms with van der Waals surface area (Å²) in [5, 5.41) is 24.4. The van der Waals surface area contributed by atoms with Gasteiger partial charge < -0.3 is 10.0 Å². The van der Waals surface area contributed by atoms with E-state index in [-0.39, 0.29) is 18.1 Å². The Hall–Kier alpha value is -1.86. The molecule has 1 aliphatic heterocycles. The summed E-state index contributed by atoms with van der Waals surface area (Å²) in [6.07, 6.45) is 0. The van der Waals surface area contributed by atoms with E-state index >= 15 is 0 Å². The van der Waals surface area contributed by atoms with Crippen molar-refractivity contribution in [3.8, 4) is 10.6 Å². The van der Waals surface area contributed by atoms with Crippen LogP contribution in [-0.4, -0.2) is 22.5 Å². The number of aliphatic hydroxyl groups excluding tert-OH is 1. The van der Waals surface area contributed by atoms with Crippen LogP contribution >= 0.6 is 45.9 Å². The maximum atomic E-state index is 10.4. The summed E-state index contributed by atoms with van der Waals surface area (Å²) in [6.45, 7) is 0.193. The highest BCUT2D eigenvalue weighted by Crippen LogP contribution is 2.36. The van der Waals surface area contributed by atoms with Crippen LogP contribution in [0.1, 0.15) is 5.01 Å². The molecule has 0 aliphatic carbocycles. The molecule has 0 saturated heterocycles. The van der Waals surface area contributed by atoms with Crippen LogP contribution in [0.15, 0.2) is 46.9 Å². The van der Waals surface area contributed by atoms with Crippen LogP contribution in [0.25, 0.3) is 16.1 Å². The first-order chi connectivity index (χ1) is 12.0. The number of halogens is 2. The molecule has 0 unspecified atom stereocenters. The van der Waals surface area contributed by atoms with E-state index in [9.17, 15) is 5.11 Å². The standard InChI is InChI=1S/C17H11Cl2N3OS2/c18-9-4-10(19)6-11(5-9)22-7-13(23)15(16(22)20)17-21-12(8-25-17)14-2-1-3-24-14/h1-6,8,20,23H,7H2. The Kier molecular flexibility index (Phi) is 4.29. The lowest BCUT2D eigenvalue weighted by atomic mass is 10.2. The number of aliphatic hydroxyl groups is 1. The molecule has 0 fully saturated rings. The van der Waals surface area contributed by atoms with Gasteiger partial charge in [-0.2, -0.15) is 0 Å². The highest BCUT2D eigenvalue weighted by Gasteiger charge is 2.31. The Morgan fingerprint density at radius 2 is 1.92 bits per heavy atom. The molecule has 3 aromatic rings. The smallest absolute Gasteiger partial charge is 0.139 e. The number of aromatic nitrogens is 1.